The molecule has 0 bridgehead atoms. The van der Waals surface area contributed by atoms with Crippen LogP contribution in [0.5, 0.6) is 0 Å². The zero-order chi connectivity index (χ0) is 11.4. The molecule has 2 rings (SSSR count). The molecule has 0 atom stereocenters. The molecule has 0 aromatic carbocycles. The van der Waals surface area contributed by atoms with Crippen LogP contribution in [0.15, 0.2) is 12.4 Å². The third-order valence-electron chi connectivity index (χ3n) is 3.01. The van der Waals surface area contributed by atoms with Gasteiger partial charge in [0.15, 0.2) is 0 Å². The third kappa shape index (κ3) is 2.41. The standard InChI is InChI=1S/C11H18N4O/c12-10-7-13-8-11(14-10)15(5-2-6-16)9-3-1-4-9/h7-9,16H,1-6H2,(H2,12,14). The number of rotatable bonds is 5. The molecule has 3 N–H and O–H groups in total. The summed E-state index contributed by atoms with van der Waals surface area (Å²) < 4.78 is 0. The molecule has 0 amide bonds. The average molecular weight is 222 g/mol. The van der Waals surface area contributed by atoms with E-state index in [1.54, 1.807) is 12.4 Å². The summed E-state index contributed by atoms with van der Waals surface area (Å²) in [5.74, 6) is 1.28. The van der Waals surface area contributed by atoms with E-state index in [0.29, 0.717) is 11.9 Å². The van der Waals surface area contributed by atoms with Crippen LogP contribution in [0.2, 0.25) is 0 Å². The van der Waals surface area contributed by atoms with Gasteiger partial charge in [0, 0.05) is 19.2 Å². The summed E-state index contributed by atoms with van der Waals surface area (Å²) >= 11 is 0. The lowest BCUT2D eigenvalue weighted by Crippen LogP contribution is -2.41. The van der Waals surface area contributed by atoms with Gasteiger partial charge in [0.2, 0.25) is 0 Å². The second-order valence-corrected chi connectivity index (χ2v) is 4.16. The van der Waals surface area contributed by atoms with Gasteiger partial charge in [-0.1, -0.05) is 0 Å². The Morgan fingerprint density at radius 2 is 2.25 bits per heavy atom. The highest BCUT2D eigenvalue weighted by atomic mass is 16.3. The minimum absolute atomic E-state index is 0.207. The number of aromatic nitrogens is 2. The Hall–Kier alpha value is -1.36. The zero-order valence-corrected chi connectivity index (χ0v) is 9.34. The molecule has 16 heavy (non-hydrogen) atoms. The van der Waals surface area contributed by atoms with Gasteiger partial charge < -0.3 is 15.7 Å². The quantitative estimate of drug-likeness (QED) is 0.770. The molecule has 5 heteroatoms. The van der Waals surface area contributed by atoms with E-state index in [1.807, 2.05) is 0 Å². The summed E-state index contributed by atoms with van der Waals surface area (Å²) in [7, 11) is 0. The van der Waals surface area contributed by atoms with Crippen molar-refractivity contribution in [3.05, 3.63) is 12.4 Å². The molecule has 1 heterocycles. The van der Waals surface area contributed by atoms with Crippen LogP contribution in [0.1, 0.15) is 25.7 Å². The maximum Gasteiger partial charge on any atom is 0.149 e. The molecule has 0 saturated heterocycles. The highest BCUT2D eigenvalue weighted by molar-refractivity contribution is 5.42. The molecular formula is C11H18N4O. The van der Waals surface area contributed by atoms with Crippen molar-refractivity contribution in [1.82, 2.24) is 9.97 Å². The first kappa shape index (κ1) is 11.1. The SMILES string of the molecule is Nc1cncc(N(CCCO)C2CCC2)n1. The fourth-order valence-corrected chi connectivity index (χ4v) is 1.93. The molecule has 0 unspecified atom stereocenters. The number of nitrogens with zero attached hydrogens (tertiary/aromatic N) is 3. The molecule has 0 spiro atoms. The molecule has 1 aromatic heterocycles. The second-order valence-electron chi connectivity index (χ2n) is 4.16. The summed E-state index contributed by atoms with van der Waals surface area (Å²) in [5.41, 5.74) is 5.64. The predicted molar refractivity (Wildman–Crippen MR) is 63.1 cm³/mol. The van der Waals surface area contributed by atoms with Crippen molar-refractivity contribution >= 4 is 11.6 Å². The summed E-state index contributed by atoms with van der Waals surface area (Å²) in [6, 6.07) is 0.544. The number of hydrogen-bond acceptors (Lipinski definition) is 5. The smallest absolute Gasteiger partial charge is 0.149 e. The topological polar surface area (TPSA) is 75.3 Å². The number of aliphatic hydroxyl groups excluding tert-OH is 1. The molecule has 1 aliphatic rings. The van der Waals surface area contributed by atoms with Gasteiger partial charge in [-0.3, -0.25) is 4.98 Å². The third-order valence-corrected chi connectivity index (χ3v) is 3.01. The van der Waals surface area contributed by atoms with Crippen LogP contribution in [0.3, 0.4) is 0 Å². The van der Waals surface area contributed by atoms with E-state index in [0.717, 1.165) is 18.8 Å². The first-order valence-electron chi connectivity index (χ1n) is 5.76. The molecule has 1 saturated carbocycles. The van der Waals surface area contributed by atoms with Crippen LogP contribution < -0.4 is 10.6 Å². The van der Waals surface area contributed by atoms with Crippen LogP contribution in [-0.2, 0) is 0 Å². The van der Waals surface area contributed by atoms with Crippen LogP contribution in [0.4, 0.5) is 11.6 Å². The molecule has 1 aliphatic carbocycles. The first-order valence-corrected chi connectivity index (χ1v) is 5.76. The summed E-state index contributed by atoms with van der Waals surface area (Å²) in [6.45, 7) is 1.03. The van der Waals surface area contributed by atoms with Crippen molar-refractivity contribution < 1.29 is 5.11 Å². The van der Waals surface area contributed by atoms with Gasteiger partial charge in [0.1, 0.15) is 11.6 Å². The fourth-order valence-electron chi connectivity index (χ4n) is 1.93. The maximum atomic E-state index is 8.90. The molecule has 5 nitrogen and oxygen atoms in total. The van der Waals surface area contributed by atoms with Crippen LogP contribution in [-0.4, -0.2) is 34.3 Å². The lowest BCUT2D eigenvalue weighted by molar-refractivity contribution is 0.282. The van der Waals surface area contributed by atoms with Crippen LogP contribution in [0.25, 0.3) is 0 Å². The number of aliphatic hydroxyl groups is 1. The van der Waals surface area contributed by atoms with Crippen molar-refractivity contribution in [3.8, 4) is 0 Å². The van der Waals surface area contributed by atoms with Crippen molar-refractivity contribution in [3.63, 3.8) is 0 Å². The van der Waals surface area contributed by atoms with E-state index in [9.17, 15) is 0 Å². The number of nitrogen functional groups attached to an aromatic ring is 1. The van der Waals surface area contributed by atoms with Gasteiger partial charge in [0.25, 0.3) is 0 Å². The zero-order valence-electron chi connectivity index (χ0n) is 9.34. The Kier molecular flexibility index (Phi) is 3.56. The molecule has 88 valence electrons. The number of hydrogen-bond donors (Lipinski definition) is 2. The van der Waals surface area contributed by atoms with Gasteiger partial charge in [0.05, 0.1) is 12.4 Å². The molecule has 0 aliphatic heterocycles. The van der Waals surface area contributed by atoms with Gasteiger partial charge in [-0.15, -0.1) is 0 Å². The Labute approximate surface area is 95.3 Å². The summed E-state index contributed by atoms with van der Waals surface area (Å²) in [4.78, 5) is 10.6. The normalized spacial score (nSPS) is 15.8. The van der Waals surface area contributed by atoms with Crippen LogP contribution in [0, 0.1) is 0 Å². The maximum absolute atomic E-state index is 8.90. The van der Waals surface area contributed by atoms with E-state index >= 15 is 0 Å². The largest absolute Gasteiger partial charge is 0.396 e. The highest BCUT2D eigenvalue weighted by Gasteiger charge is 2.25. The Bertz CT molecular complexity index is 341. The van der Waals surface area contributed by atoms with Crippen molar-refractivity contribution in [1.29, 1.82) is 0 Å². The van der Waals surface area contributed by atoms with E-state index in [1.165, 1.54) is 19.3 Å². The second kappa shape index (κ2) is 5.12. The molecular weight excluding hydrogens is 204 g/mol. The van der Waals surface area contributed by atoms with Gasteiger partial charge >= 0.3 is 0 Å². The highest BCUT2D eigenvalue weighted by Crippen LogP contribution is 2.28. The summed E-state index contributed by atoms with van der Waals surface area (Å²) in [5, 5.41) is 8.90. The molecule has 1 fully saturated rings. The fraction of sp³-hybridized carbons (Fsp3) is 0.636. The lowest BCUT2D eigenvalue weighted by atomic mass is 9.91. The minimum Gasteiger partial charge on any atom is -0.396 e. The van der Waals surface area contributed by atoms with Gasteiger partial charge in [-0.2, -0.15) is 0 Å². The first-order chi connectivity index (χ1) is 7.81. The van der Waals surface area contributed by atoms with E-state index in [-0.39, 0.29) is 6.61 Å². The van der Waals surface area contributed by atoms with Crippen molar-refractivity contribution in [2.24, 2.45) is 0 Å². The average Bonchev–Trinajstić information content (AvgIpc) is 2.21. The summed E-state index contributed by atoms with van der Waals surface area (Å²) in [6.07, 6.45) is 7.72. The molecule has 1 aromatic rings. The number of nitrogens with two attached hydrogens (primary N) is 1. The van der Waals surface area contributed by atoms with Gasteiger partial charge in [-0.25, -0.2) is 4.98 Å². The van der Waals surface area contributed by atoms with E-state index in [2.05, 4.69) is 14.9 Å². The van der Waals surface area contributed by atoms with Gasteiger partial charge in [-0.05, 0) is 25.7 Å². The van der Waals surface area contributed by atoms with E-state index in [4.69, 9.17) is 10.8 Å². The number of anilines is 2. The Morgan fingerprint density at radius 3 is 2.81 bits per heavy atom. The Balaban J connectivity index is 2.10. The predicted octanol–water partition coefficient (Wildman–Crippen LogP) is 0.800. The monoisotopic (exact) mass is 222 g/mol. The lowest BCUT2D eigenvalue weighted by Gasteiger charge is -2.38. The van der Waals surface area contributed by atoms with Crippen molar-refractivity contribution in [2.45, 2.75) is 31.7 Å². The van der Waals surface area contributed by atoms with Crippen molar-refractivity contribution in [2.75, 3.05) is 23.8 Å². The minimum atomic E-state index is 0.207. The Morgan fingerprint density at radius 1 is 1.44 bits per heavy atom. The van der Waals surface area contributed by atoms with E-state index < -0.39 is 0 Å². The molecule has 0 radical (unpaired) electrons. The van der Waals surface area contributed by atoms with Crippen LogP contribution >= 0.6 is 0 Å².